The van der Waals surface area contributed by atoms with E-state index in [1.165, 1.54) is 27.2 Å². The predicted octanol–water partition coefficient (Wildman–Crippen LogP) is 4.21. The summed E-state index contributed by atoms with van der Waals surface area (Å²) in [6, 6.07) is 24.8. The minimum atomic E-state index is -0.602. The van der Waals surface area contributed by atoms with Gasteiger partial charge in [-0.2, -0.15) is 0 Å². The summed E-state index contributed by atoms with van der Waals surface area (Å²) in [5.41, 5.74) is 6.27. The number of carbonyl (C=O) groups is 2. The van der Waals surface area contributed by atoms with Gasteiger partial charge in [0.2, 0.25) is 5.91 Å². The van der Waals surface area contributed by atoms with Gasteiger partial charge in [-0.25, -0.2) is 0 Å². The highest BCUT2D eigenvalue weighted by Gasteiger charge is 2.43. The summed E-state index contributed by atoms with van der Waals surface area (Å²) in [5, 5.41) is 3.14. The number of amides is 2. The van der Waals surface area contributed by atoms with Crippen LogP contribution in [0, 0.1) is 5.92 Å². The molecule has 2 unspecified atom stereocenters. The summed E-state index contributed by atoms with van der Waals surface area (Å²) in [7, 11) is 0. The lowest BCUT2D eigenvalue weighted by atomic mass is 9.59. The van der Waals surface area contributed by atoms with Crippen LogP contribution in [0.1, 0.15) is 47.4 Å². The van der Waals surface area contributed by atoms with Crippen molar-refractivity contribution in [3.05, 3.63) is 95.1 Å². The van der Waals surface area contributed by atoms with Gasteiger partial charge in [0.1, 0.15) is 12.3 Å². The molecule has 0 fully saturated rings. The molecule has 3 aromatic rings. The number of rotatable bonds is 4. The van der Waals surface area contributed by atoms with E-state index in [9.17, 15) is 9.59 Å². The lowest BCUT2D eigenvalue weighted by Gasteiger charge is -2.45. The second-order valence-corrected chi connectivity index (χ2v) is 9.24. The zero-order valence-electron chi connectivity index (χ0n) is 18.5. The zero-order valence-corrected chi connectivity index (χ0v) is 18.5. The van der Waals surface area contributed by atoms with Crippen molar-refractivity contribution in [2.45, 2.75) is 31.3 Å². The van der Waals surface area contributed by atoms with E-state index in [2.05, 4.69) is 53.8 Å². The lowest BCUT2D eigenvalue weighted by molar-refractivity contribution is -0.128. The van der Waals surface area contributed by atoms with Crippen molar-refractivity contribution >= 4 is 17.5 Å². The van der Waals surface area contributed by atoms with Crippen molar-refractivity contribution in [1.82, 2.24) is 5.32 Å². The van der Waals surface area contributed by atoms with Gasteiger partial charge < -0.3 is 10.1 Å². The topological polar surface area (TPSA) is 58.6 Å². The Morgan fingerprint density at radius 1 is 0.939 bits per heavy atom. The minimum absolute atomic E-state index is 0.00244. The molecule has 1 aliphatic heterocycles. The third-order valence-corrected chi connectivity index (χ3v) is 7.36. The largest absolute Gasteiger partial charge is 0.479 e. The quantitative estimate of drug-likeness (QED) is 0.664. The number of hydrogen-bond acceptors (Lipinski definition) is 3. The van der Waals surface area contributed by atoms with Gasteiger partial charge >= 0.3 is 0 Å². The average Bonchev–Trinajstić information content (AvgIpc) is 2.85. The van der Waals surface area contributed by atoms with Crippen LogP contribution >= 0.6 is 0 Å². The van der Waals surface area contributed by atoms with Crippen molar-refractivity contribution in [3.8, 4) is 5.75 Å². The Morgan fingerprint density at radius 3 is 2.24 bits per heavy atom. The molecule has 5 heteroatoms. The number of para-hydroxylation sites is 2. The number of fused-ring (bicyclic) bond motifs is 2. The number of nitrogens with zero attached hydrogens (tertiary/aromatic N) is 1. The van der Waals surface area contributed by atoms with Gasteiger partial charge in [-0.1, -0.05) is 60.7 Å². The zero-order chi connectivity index (χ0) is 22.5. The molecule has 2 amide bonds. The number of ether oxygens (including phenoxy) is 1. The third kappa shape index (κ3) is 3.22. The molecule has 1 N–H and O–H groups in total. The lowest BCUT2D eigenvalue weighted by Crippen LogP contribution is -2.49. The van der Waals surface area contributed by atoms with Gasteiger partial charge in [0.25, 0.3) is 5.91 Å². The average molecular weight is 439 g/mol. The molecule has 3 aromatic carbocycles. The van der Waals surface area contributed by atoms with Crippen molar-refractivity contribution < 1.29 is 14.3 Å². The number of hydrogen-bond donors (Lipinski definition) is 1. The molecule has 4 aliphatic rings. The fraction of sp³-hybridized carbons (Fsp3) is 0.286. The van der Waals surface area contributed by atoms with Gasteiger partial charge in [0, 0.05) is 18.4 Å². The van der Waals surface area contributed by atoms with Crippen molar-refractivity contribution in [1.29, 1.82) is 0 Å². The van der Waals surface area contributed by atoms with E-state index in [1.807, 2.05) is 24.3 Å². The standard InChI is InChI=1S/C28H26N2O3/c1-17-28(32)30(24-12-6-7-13-25(24)33-17)16-26(31)29-15-18-14-23-19-8-2-4-10-21(19)27(18)22-11-5-3-9-20(22)23/h2-13,17-18,23,27H,14-16H2,1H3,(H,29,31). The molecule has 2 bridgehead atoms. The first-order valence-electron chi connectivity index (χ1n) is 11.6. The molecule has 0 spiro atoms. The van der Waals surface area contributed by atoms with Gasteiger partial charge in [-0.3, -0.25) is 14.5 Å². The number of benzene rings is 3. The van der Waals surface area contributed by atoms with Crippen LogP contribution in [0.25, 0.3) is 0 Å². The van der Waals surface area contributed by atoms with E-state index in [4.69, 9.17) is 4.74 Å². The van der Waals surface area contributed by atoms with Crippen LogP contribution in [0.15, 0.2) is 72.8 Å². The van der Waals surface area contributed by atoms with Crippen LogP contribution in [0.4, 0.5) is 5.69 Å². The van der Waals surface area contributed by atoms with E-state index in [0.717, 1.165) is 6.42 Å². The molecule has 0 saturated heterocycles. The SMILES string of the molecule is CC1Oc2ccccc2N(CC(=O)NCC2CC3c4ccccc4C2c2ccccc23)C1=O. The van der Waals surface area contributed by atoms with Crippen LogP contribution in [0.5, 0.6) is 5.75 Å². The Balaban J connectivity index is 1.20. The van der Waals surface area contributed by atoms with Crippen molar-refractivity contribution in [3.63, 3.8) is 0 Å². The first-order chi connectivity index (χ1) is 16.1. The van der Waals surface area contributed by atoms with Gasteiger partial charge in [-0.15, -0.1) is 0 Å². The highest BCUT2D eigenvalue weighted by Crippen LogP contribution is 2.55. The summed E-state index contributed by atoms with van der Waals surface area (Å²) in [5.74, 6) is 1.29. The molecule has 5 nitrogen and oxygen atoms in total. The van der Waals surface area contributed by atoms with E-state index >= 15 is 0 Å². The Hall–Kier alpha value is -3.60. The van der Waals surface area contributed by atoms with E-state index in [-0.39, 0.29) is 24.3 Å². The highest BCUT2D eigenvalue weighted by atomic mass is 16.5. The number of anilines is 1. The molecule has 0 aromatic heterocycles. The second-order valence-electron chi connectivity index (χ2n) is 9.24. The molecule has 1 heterocycles. The maximum absolute atomic E-state index is 13.0. The van der Waals surface area contributed by atoms with E-state index in [0.29, 0.717) is 29.8 Å². The minimum Gasteiger partial charge on any atom is -0.479 e. The molecular weight excluding hydrogens is 412 g/mol. The maximum Gasteiger partial charge on any atom is 0.268 e. The number of nitrogens with one attached hydrogen (secondary N) is 1. The van der Waals surface area contributed by atoms with Gasteiger partial charge in [0.05, 0.1) is 5.69 Å². The van der Waals surface area contributed by atoms with Crippen molar-refractivity contribution in [2.24, 2.45) is 5.92 Å². The molecule has 0 saturated carbocycles. The summed E-state index contributed by atoms with van der Waals surface area (Å²) in [4.78, 5) is 27.2. The molecule has 2 atom stereocenters. The summed E-state index contributed by atoms with van der Waals surface area (Å²) < 4.78 is 5.69. The van der Waals surface area contributed by atoms with Crippen LogP contribution in [0.3, 0.4) is 0 Å². The molecule has 3 aliphatic carbocycles. The molecule has 33 heavy (non-hydrogen) atoms. The Morgan fingerprint density at radius 2 is 1.55 bits per heavy atom. The normalized spacial score (nSPS) is 24.4. The maximum atomic E-state index is 13.0. The Kier molecular flexibility index (Phi) is 4.72. The Bertz CT molecular complexity index is 1210. The fourth-order valence-corrected chi connectivity index (χ4v) is 5.93. The second kappa shape index (κ2) is 7.77. The monoisotopic (exact) mass is 438 g/mol. The van der Waals surface area contributed by atoms with Crippen molar-refractivity contribution in [2.75, 3.05) is 18.0 Å². The van der Waals surface area contributed by atoms with E-state index in [1.54, 1.807) is 6.92 Å². The summed E-state index contributed by atoms with van der Waals surface area (Å²) >= 11 is 0. The predicted molar refractivity (Wildman–Crippen MR) is 127 cm³/mol. The first kappa shape index (κ1) is 20.0. The summed E-state index contributed by atoms with van der Waals surface area (Å²) in [6.07, 6.45) is 0.421. The van der Waals surface area contributed by atoms with Crippen LogP contribution < -0.4 is 15.0 Å². The highest BCUT2D eigenvalue weighted by molar-refractivity contribution is 6.03. The molecular formula is C28H26N2O3. The fourth-order valence-electron chi connectivity index (χ4n) is 5.93. The molecule has 0 radical (unpaired) electrons. The smallest absolute Gasteiger partial charge is 0.268 e. The molecule has 166 valence electrons. The van der Waals surface area contributed by atoms with Crippen LogP contribution in [-0.2, 0) is 9.59 Å². The first-order valence-corrected chi connectivity index (χ1v) is 11.6. The Labute approximate surface area is 193 Å². The third-order valence-electron chi connectivity index (χ3n) is 7.36. The number of carbonyl (C=O) groups excluding carboxylic acids is 2. The van der Waals surface area contributed by atoms with E-state index < -0.39 is 6.10 Å². The summed E-state index contributed by atoms with van der Waals surface area (Å²) in [6.45, 7) is 2.31. The van der Waals surface area contributed by atoms with Crippen LogP contribution in [-0.4, -0.2) is 31.0 Å². The van der Waals surface area contributed by atoms with Crippen LogP contribution in [0.2, 0.25) is 0 Å². The van der Waals surface area contributed by atoms with Gasteiger partial charge in [-0.05, 0) is 53.6 Å². The molecule has 7 rings (SSSR count). The van der Waals surface area contributed by atoms with Gasteiger partial charge in [0.15, 0.2) is 6.10 Å².